The number of carbonyl (C=O) groups excluding carboxylic acids is 9. The normalized spacial score (nSPS) is 11.2. The van der Waals surface area contributed by atoms with Crippen LogP contribution in [0.2, 0.25) is 0 Å². The van der Waals surface area contributed by atoms with E-state index >= 15 is 0 Å². The van der Waals surface area contributed by atoms with Gasteiger partial charge in [-0.3, -0.25) is 39.4 Å². The molecule has 0 bridgehead atoms. The first-order valence-corrected chi connectivity index (χ1v) is 29.3. The van der Waals surface area contributed by atoms with Crippen molar-refractivity contribution in [3.8, 4) is 11.5 Å². The second kappa shape index (κ2) is 33.4. The number of benzene rings is 4. The van der Waals surface area contributed by atoms with Crippen LogP contribution < -0.4 is 30.7 Å². The van der Waals surface area contributed by atoms with Gasteiger partial charge < -0.3 is 49.7 Å². The quantitative estimate of drug-likeness (QED) is 0.00582. The summed E-state index contributed by atoms with van der Waals surface area (Å²) < 4.78 is 31.9. The first-order valence-electron chi connectivity index (χ1n) is 27.8. The highest BCUT2D eigenvalue weighted by Crippen LogP contribution is 2.38. The molecule has 94 heavy (non-hydrogen) atoms. The van der Waals surface area contributed by atoms with Crippen molar-refractivity contribution in [3.63, 3.8) is 0 Å². The molecule has 0 heterocycles. The van der Waals surface area contributed by atoms with Crippen LogP contribution >= 0.6 is 31.9 Å². The Kier molecular flexibility index (Phi) is 27.1. The smallest absolute Gasteiger partial charge is 0.442 e. The molecule has 0 aliphatic rings. The molecule has 37 heteroatoms. The maximum atomic E-state index is 14.0. The van der Waals surface area contributed by atoms with Gasteiger partial charge in [-0.05, 0) is 149 Å². The standard InChI is InChI=1S/C57H66Br2N14O21/c1-54(2,3)91-49(78)70(50(79)92-55(4,5)6)87-29-41(74)62-21-23-64-47(76)43-31(13-17-37(45(43)58)66-68-60)25-33-27-35(72(83)84)15-19-39(33)89-53(82)90-40-20-16-36(73(85)86)28-34(40)26-32-14-18-38(67-69-61)46(59)44(32)48(77)65-24-22-63-42(75)30-88-71(51(80)93-56(7,8)9)52(81)94-57(10,11)12/h13-20,27-28H,21-26,29-30H2,1-12H3,(H,62,74)(H,63,75)(H,64,76)(H,65,77). The van der Waals surface area contributed by atoms with Crippen LogP contribution in [-0.4, -0.2) is 136 Å². The first-order chi connectivity index (χ1) is 43.7. The largest absolute Gasteiger partial charge is 0.519 e. The molecule has 504 valence electrons. The number of nitrogens with zero attached hydrogens (tertiary/aromatic N) is 10. The van der Waals surface area contributed by atoms with Crippen LogP contribution in [0, 0.1) is 20.2 Å². The number of halogens is 2. The molecular formula is C57H66Br2N14O21. The van der Waals surface area contributed by atoms with Crippen LogP contribution in [0.3, 0.4) is 0 Å². The number of hydrogen-bond acceptors (Lipinski definition) is 23. The fourth-order valence-electron chi connectivity index (χ4n) is 7.55. The highest BCUT2D eigenvalue weighted by atomic mass is 79.9. The molecule has 4 N–H and O–H groups in total. The van der Waals surface area contributed by atoms with Gasteiger partial charge >= 0.3 is 30.5 Å². The van der Waals surface area contributed by atoms with Crippen molar-refractivity contribution in [2.45, 2.75) is 118 Å². The van der Waals surface area contributed by atoms with Crippen molar-refractivity contribution in [1.29, 1.82) is 0 Å². The van der Waals surface area contributed by atoms with Crippen molar-refractivity contribution in [2.75, 3.05) is 39.4 Å². The summed E-state index contributed by atoms with van der Waals surface area (Å²) in [5, 5.41) is 41.8. The number of hydroxylamine groups is 4. The fourth-order valence-corrected chi connectivity index (χ4v) is 8.84. The van der Waals surface area contributed by atoms with Gasteiger partial charge in [0, 0.05) is 93.2 Å². The second-order valence-electron chi connectivity index (χ2n) is 23.4. The Morgan fingerprint density at radius 3 is 1.09 bits per heavy atom. The maximum absolute atomic E-state index is 14.0. The third kappa shape index (κ3) is 24.5. The summed E-state index contributed by atoms with van der Waals surface area (Å²) >= 11 is 6.58. The van der Waals surface area contributed by atoms with E-state index in [1.165, 1.54) is 107 Å². The molecule has 4 rings (SSSR count). The number of carbonyl (C=O) groups is 9. The minimum Gasteiger partial charge on any atom is -0.442 e. The zero-order valence-electron chi connectivity index (χ0n) is 52.7. The average molecular weight is 1440 g/mol. The van der Waals surface area contributed by atoms with Crippen molar-refractivity contribution in [1.82, 2.24) is 31.4 Å². The van der Waals surface area contributed by atoms with Crippen molar-refractivity contribution in [3.05, 3.63) is 144 Å². The molecule has 0 aromatic heterocycles. The Bertz CT molecular complexity index is 3410. The number of nitro groups is 2. The third-order valence-corrected chi connectivity index (χ3v) is 12.8. The average Bonchev–Trinajstić information content (AvgIpc) is 0.812. The number of azide groups is 2. The Labute approximate surface area is 552 Å². The van der Waals surface area contributed by atoms with E-state index in [4.69, 9.17) is 38.1 Å². The molecule has 0 aliphatic heterocycles. The van der Waals surface area contributed by atoms with Crippen LogP contribution in [-0.2, 0) is 51.1 Å². The van der Waals surface area contributed by atoms with Gasteiger partial charge in [-0.25, -0.2) is 33.6 Å². The summed E-state index contributed by atoms with van der Waals surface area (Å²) in [5.74, 6) is -4.12. The summed E-state index contributed by atoms with van der Waals surface area (Å²) in [6, 6.07) is 11.5. The number of imide groups is 2. The highest BCUT2D eigenvalue weighted by molar-refractivity contribution is 9.11. The zero-order chi connectivity index (χ0) is 70.6. The molecule has 8 amide bonds. The number of nitrogens with one attached hydrogen (secondary N) is 4. The van der Waals surface area contributed by atoms with Gasteiger partial charge in [0.25, 0.3) is 23.2 Å². The van der Waals surface area contributed by atoms with Crippen LogP contribution in [0.5, 0.6) is 11.5 Å². The van der Waals surface area contributed by atoms with E-state index in [2.05, 4.69) is 73.2 Å². The number of rotatable bonds is 24. The van der Waals surface area contributed by atoms with Crippen LogP contribution in [0.25, 0.3) is 20.9 Å². The van der Waals surface area contributed by atoms with E-state index in [0.717, 1.165) is 36.4 Å². The van der Waals surface area contributed by atoms with Crippen molar-refractivity contribution >= 4 is 109 Å². The Hall–Kier alpha value is -10.2. The van der Waals surface area contributed by atoms with E-state index in [9.17, 15) is 74.4 Å². The summed E-state index contributed by atoms with van der Waals surface area (Å²) in [5.41, 5.74) is 12.8. The summed E-state index contributed by atoms with van der Waals surface area (Å²) in [7, 11) is 0. The minimum atomic E-state index is -1.49. The Morgan fingerprint density at radius 2 is 0.798 bits per heavy atom. The SMILES string of the molecule is CC(C)(C)OC(=O)N(OCC(=O)NCCNC(=O)c1c(Cc2cc([N+](=O)[O-])ccc2OC(=O)Oc2ccc([N+](=O)[O-])cc2Cc2ccc(N=[N+]=[N-])c(Br)c2C(=O)NCCNC(=O)CON(C(=O)OC(C)(C)C)C(=O)OC(C)(C)C)ccc(N=[N+]=[N-])c1Br)C(=O)OC(C)(C)C. The summed E-state index contributed by atoms with van der Waals surface area (Å²) in [4.78, 5) is 157. The van der Waals surface area contributed by atoms with Gasteiger partial charge in [0.2, 0.25) is 11.8 Å². The van der Waals surface area contributed by atoms with E-state index in [1.54, 1.807) is 0 Å². The molecule has 0 saturated carbocycles. The van der Waals surface area contributed by atoms with Crippen molar-refractivity contribution in [2.24, 2.45) is 10.2 Å². The lowest BCUT2D eigenvalue weighted by Gasteiger charge is -2.27. The number of hydrogen-bond donors (Lipinski definition) is 4. The maximum Gasteiger partial charge on any atom is 0.519 e. The molecule has 0 spiro atoms. The van der Waals surface area contributed by atoms with E-state index in [0.29, 0.717) is 0 Å². The molecule has 0 aliphatic carbocycles. The second-order valence-corrected chi connectivity index (χ2v) is 25.0. The first kappa shape index (κ1) is 76.3. The van der Waals surface area contributed by atoms with Crippen molar-refractivity contribution < 1.29 is 91.1 Å². The summed E-state index contributed by atoms with van der Waals surface area (Å²) in [6.45, 7) is 15.5. The lowest BCUT2D eigenvalue weighted by atomic mass is 9.97. The van der Waals surface area contributed by atoms with E-state index in [1.807, 2.05) is 0 Å². The topological polar surface area (TPSA) is 466 Å². The van der Waals surface area contributed by atoms with Crippen LogP contribution in [0.15, 0.2) is 79.8 Å². The van der Waals surface area contributed by atoms with Gasteiger partial charge in [-0.2, -0.15) is 0 Å². The van der Waals surface area contributed by atoms with Gasteiger partial charge in [0.15, 0.2) is 13.2 Å². The number of nitro benzene ring substituents is 2. The van der Waals surface area contributed by atoms with E-state index in [-0.39, 0.29) is 102 Å². The number of amides is 8. The molecular weight excluding hydrogens is 1380 g/mol. The van der Waals surface area contributed by atoms with E-state index < -0.39 is 124 Å². The molecule has 0 unspecified atom stereocenters. The predicted molar refractivity (Wildman–Crippen MR) is 336 cm³/mol. The lowest BCUT2D eigenvalue weighted by molar-refractivity contribution is -0.385. The highest BCUT2D eigenvalue weighted by Gasteiger charge is 2.35. The van der Waals surface area contributed by atoms with Gasteiger partial charge in [0.05, 0.1) is 32.3 Å². The monoisotopic (exact) mass is 1440 g/mol. The van der Waals surface area contributed by atoms with Crippen LogP contribution in [0.4, 0.5) is 46.7 Å². The number of non-ortho nitro benzene ring substituents is 2. The van der Waals surface area contributed by atoms with Crippen LogP contribution in [0.1, 0.15) is 126 Å². The lowest BCUT2D eigenvalue weighted by Crippen LogP contribution is -2.45. The third-order valence-electron chi connectivity index (χ3n) is 11.2. The molecule has 4 aromatic carbocycles. The molecule has 0 fully saturated rings. The summed E-state index contributed by atoms with van der Waals surface area (Å²) in [6.07, 6.45) is -7.40. The molecule has 0 radical (unpaired) electrons. The van der Waals surface area contributed by atoms with Gasteiger partial charge in [-0.15, -0.1) is 0 Å². The number of ether oxygens (including phenoxy) is 6. The van der Waals surface area contributed by atoms with Gasteiger partial charge in [-0.1, -0.05) is 44.6 Å². The minimum absolute atomic E-state index is 0.0553. The zero-order valence-corrected chi connectivity index (χ0v) is 55.9. The predicted octanol–water partition coefficient (Wildman–Crippen LogP) is 11.6. The molecule has 0 saturated heterocycles. The molecule has 35 nitrogen and oxygen atoms in total. The molecule has 0 atom stereocenters. The fraction of sp³-hybridized carbons (Fsp3) is 0.421. The molecule has 4 aromatic rings. The Morgan fingerprint density at radius 1 is 0.489 bits per heavy atom. The van der Waals surface area contributed by atoms with Gasteiger partial charge in [0.1, 0.15) is 33.9 Å². The Balaban J connectivity index is 1.57.